The molecule has 2 rings (SSSR count). The molecule has 0 atom stereocenters. The predicted molar refractivity (Wildman–Crippen MR) is 61.5 cm³/mol. The number of nitrogens with zero attached hydrogens (tertiary/aromatic N) is 2. The van der Waals surface area contributed by atoms with Crippen molar-refractivity contribution in [3.8, 4) is 11.4 Å². The number of hydrogen-bond acceptors (Lipinski definition) is 1. The second-order valence-corrected chi connectivity index (χ2v) is 3.73. The zero-order chi connectivity index (χ0) is 10.5. The number of hydrogen-bond donors (Lipinski definition) is 1. The van der Waals surface area contributed by atoms with Gasteiger partial charge >= 0.3 is 0 Å². The lowest BCUT2D eigenvalue weighted by molar-refractivity contribution is 0.557. The summed E-state index contributed by atoms with van der Waals surface area (Å²) in [6.45, 7) is 3.23. The van der Waals surface area contributed by atoms with Crippen LogP contribution in [-0.4, -0.2) is 14.8 Å². The van der Waals surface area contributed by atoms with Crippen molar-refractivity contribution in [3.05, 3.63) is 30.6 Å². The van der Waals surface area contributed by atoms with Gasteiger partial charge in [-0.3, -0.25) is 4.68 Å². The average molecular weight is 203 g/mol. The Morgan fingerprint density at radius 3 is 3.00 bits per heavy atom. The first-order chi connectivity index (χ1) is 7.42. The molecule has 0 amide bonds. The molecule has 2 aromatic heterocycles. The molecule has 1 N–H and O–H groups in total. The summed E-state index contributed by atoms with van der Waals surface area (Å²) < 4.78 is 2.07. The van der Waals surface area contributed by atoms with Crippen molar-refractivity contribution in [2.75, 3.05) is 0 Å². The zero-order valence-electron chi connectivity index (χ0n) is 9.11. The van der Waals surface area contributed by atoms with E-state index in [-0.39, 0.29) is 0 Å². The standard InChI is InChI=1S/C12H17N3/c1-2-3-4-10-15-12(7-9-14-15)11-6-5-8-13-11/h5-9,13H,2-4,10H2,1H3. The minimum atomic E-state index is 1.01. The fourth-order valence-corrected chi connectivity index (χ4v) is 1.74. The molecule has 2 aromatic rings. The van der Waals surface area contributed by atoms with E-state index in [4.69, 9.17) is 0 Å². The summed E-state index contributed by atoms with van der Waals surface area (Å²) in [6, 6.07) is 6.14. The Hall–Kier alpha value is -1.51. The fourth-order valence-electron chi connectivity index (χ4n) is 1.74. The molecule has 0 saturated heterocycles. The van der Waals surface area contributed by atoms with Gasteiger partial charge in [0, 0.05) is 18.9 Å². The first-order valence-corrected chi connectivity index (χ1v) is 5.57. The molecule has 3 nitrogen and oxygen atoms in total. The predicted octanol–water partition coefficient (Wildman–Crippen LogP) is 3.07. The van der Waals surface area contributed by atoms with Crippen molar-refractivity contribution < 1.29 is 0 Å². The third-order valence-electron chi connectivity index (χ3n) is 2.56. The highest BCUT2D eigenvalue weighted by molar-refractivity contribution is 5.53. The second kappa shape index (κ2) is 4.82. The number of aryl methyl sites for hydroxylation is 1. The first-order valence-electron chi connectivity index (χ1n) is 5.57. The molecule has 0 radical (unpaired) electrons. The van der Waals surface area contributed by atoms with E-state index in [9.17, 15) is 0 Å². The number of rotatable bonds is 5. The van der Waals surface area contributed by atoms with Gasteiger partial charge in [0.05, 0.1) is 11.4 Å². The Kier molecular flexibility index (Phi) is 3.22. The highest BCUT2D eigenvalue weighted by Gasteiger charge is 2.04. The SMILES string of the molecule is CCCCCn1nccc1-c1ccc[nH]1. The molecule has 0 fully saturated rings. The molecule has 0 aromatic carbocycles. The average Bonchev–Trinajstić information content (AvgIpc) is 2.87. The maximum Gasteiger partial charge on any atom is 0.0844 e. The molecule has 0 aliphatic heterocycles. The highest BCUT2D eigenvalue weighted by atomic mass is 15.3. The van der Waals surface area contributed by atoms with Crippen LogP contribution in [-0.2, 0) is 6.54 Å². The molecular formula is C12H17N3. The third kappa shape index (κ3) is 2.29. The van der Waals surface area contributed by atoms with Crippen molar-refractivity contribution in [2.24, 2.45) is 0 Å². The molecule has 0 saturated carbocycles. The Morgan fingerprint density at radius 1 is 1.33 bits per heavy atom. The zero-order valence-corrected chi connectivity index (χ0v) is 9.11. The van der Waals surface area contributed by atoms with Crippen LogP contribution in [0.1, 0.15) is 26.2 Å². The summed E-state index contributed by atoms with van der Waals surface area (Å²) in [5.74, 6) is 0. The molecule has 0 bridgehead atoms. The van der Waals surface area contributed by atoms with Gasteiger partial charge in [-0.2, -0.15) is 5.10 Å². The topological polar surface area (TPSA) is 33.6 Å². The Morgan fingerprint density at radius 2 is 2.27 bits per heavy atom. The van der Waals surface area contributed by atoms with E-state index >= 15 is 0 Å². The highest BCUT2D eigenvalue weighted by Crippen LogP contribution is 2.16. The molecule has 0 aliphatic carbocycles. The maximum absolute atomic E-state index is 4.34. The van der Waals surface area contributed by atoms with Crippen molar-refractivity contribution in [3.63, 3.8) is 0 Å². The lowest BCUT2D eigenvalue weighted by Gasteiger charge is -2.05. The van der Waals surface area contributed by atoms with Crippen molar-refractivity contribution in [1.29, 1.82) is 0 Å². The number of aromatic amines is 1. The second-order valence-electron chi connectivity index (χ2n) is 3.73. The van der Waals surface area contributed by atoms with Crippen molar-refractivity contribution >= 4 is 0 Å². The molecule has 2 heterocycles. The molecule has 0 unspecified atom stereocenters. The lowest BCUT2D eigenvalue weighted by Crippen LogP contribution is -2.02. The molecule has 3 heteroatoms. The van der Waals surface area contributed by atoms with Crippen molar-refractivity contribution in [1.82, 2.24) is 14.8 Å². The Labute approximate surface area is 90.1 Å². The van der Waals surface area contributed by atoms with Gasteiger partial charge in [0.2, 0.25) is 0 Å². The smallest absolute Gasteiger partial charge is 0.0844 e. The van der Waals surface area contributed by atoms with Gasteiger partial charge in [0.25, 0.3) is 0 Å². The summed E-state index contributed by atoms with van der Waals surface area (Å²) in [5, 5.41) is 4.34. The van der Waals surface area contributed by atoms with E-state index in [0.717, 1.165) is 12.2 Å². The van der Waals surface area contributed by atoms with Gasteiger partial charge in [-0.05, 0) is 24.6 Å². The number of nitrogens with one attached hydrogen (secondary N) is 1. The van der Waals surface area contributed by atoms with Crippen LogP contribution in [0.2, 0.25) is 0 Å². The minimum Gasteiger partial charge on any atom is -0.360 e. The van der Waals surface area contributed by atoms with E-state index in [1.807, 2.05) is 18.5 Å². The Balaban J connectivity index is 2.09. The van der Waals surface area contributed by atoms with E-state index in [0.29, 0.717) is 0 Å². The number of aromatic nitrogens is 3. The van der Waals surface area contributed by atoms with Crippen molar-refractivity contribution in [2.45, 2.75) is 32.7 Å². The van der Waals surface area contributed by atoms with Gasteiger partial charge < -0.3 is 4.98 Å². The lowest BCUT2D eigenvalue weighted by atomic mass is 10.2. The maximum atomic E-state index is 4.34. The number of H-pyrrole nitrogens is 1. The van der Waals surface area contributed by atoms with E-state index < -0.39 is 0 Å². The fraction of sp³-hybridized carbons (Fsp3) is 0.417. The molecule has 0 spiro atoms. The van der Waals surface area contributed by atoms with Gasteiger partial charge in [-0.25, -0.2) is 0 Å². The summed E-state index contributed by atoms with van der Waals surface area (Å²) in [7, 11) is 0. The van der Waals surface area contributed by atoms with Gasteiger partial charge in [-0.15, -0.1) is 0 Å². The molecule has 0 aliphatic rings. The van der Waals surface area contributed by atoms with Gasteiger partial charge in [0.1, 0.15) is 0 Å². The normalized spacial score (nSPS) is 10.7. The third-order valence-corrected chi connectivity index (χ3v) is 2.56. The van der Waals surface area contributed by atoms with Gasteiger partial charge in [-0.1, -0.05) is 19.8 Å². The summed E-state index contributed by atoms with van der Waals surface area (Å²) >= 11 is 0. The van der Waals surface area contributed by atoms with Crippen LogP contribution in [0.4, 0.5) is 0 Å². The van der Waals surface area contributed by atoms with Crippen LogP contribution in [0.5, 0.6) is 0 Å². The van der Waals surface area contributed by atoms with Crippen LogP contribution in [0.25, 0.3) is 11.4 Å². The van der Waals surface area contributed by atoms with Crippen LogP contribution >= 0.6 is 0 Å². The van der Waals surface area contributed by atoms with E-state index in [1.54, 1.807) is 0 Å². The largest absolute Gasteiger partial charge is 0.360 e. The summed E-state index contributed by atoms with van der Waals surface area (Å²) in [6.07, 6.45) is 7.52. The molecular weight excluding hydrogens is 186 g/mol. The molecule has 15 heavy (non-hydrogen) atoms. The number of unbranched alkanes of at least 4 members (excludes halogenated alkanes) is 2. The first kappa shape index (κ1) is 10.0. The minimum absolute atomic E-state index is 1.01. The van der Waals surface area contributed by atoms with Crippen LogP contribution < -0.4 is 0 Å². The van der Waals surface area contributed by atoms with Crippen LogP contribution in [0.15, 0.2) is 30.6 Å². The quantitative estimate of drug-likeness (QED) is 0.744. The molecule has 80 valence electrons. The van der Waals surface area contributed by atoms with E-state index in [1.165, 1.54) is 25.0 Å². The summed E-state index contributed by atoms with van der Waals surface area (Å²) in [5.41, 5.74) is 2.32. The van der Waals surface area contributed by atoms with Gasteiger partial charge in [0.15, 0.2) is 0 Å². The van der Waals surface area contributed by atoms with Crippen LogP contribution in [0, 0.1) is 0 Å². The summed E-state index contributed by atoms with van der Waals surface area (Å²) in [4.78, 5) is 3.21. The van der Waals surface area contributed by atoms with E-state index in [2.05, 4.69) is 33.8 Å². The Bertz CT molecular complexity index is 387. The monoisotopic (exact) mass is 203 g/mol. The van der Waals surface area contributed by atoms with Crippen LogP contribution in [0.3, 0.4) is 0 Å².